The molecular formula is C15H19N3O2S. The van der Waals surface area contributed by atoms with Gasteiger partial charge in [0.25, 0.3) is 0 Å². The summed E-state index contributed by atoms with van der Waals surface area (Å²) in [5, 5.41) is 11.4. The van der Waals surface area contributed by atoms with Gasteiger partial charge in [0.1, 0.15) is 6.10 Å². The van der Waals surface area contributed by atoms with Crippen molar-refractivity contribution in [2.45, 2.75) is 6.10 Å². The molecule has 5 nitrogen and oxygen atoms in total. The van der Waals surface area contributed by atoms with Crippen LogP contribution in [0.3, 0.4) is 0 Å². The van der Waals surface area contributed by atoms with Crippen LogP contribution < -0.4 is 5.73 Å². The molecular weight excluding hydrogens is 286 g/mol. The summed E-state index contributed by atoms with van der Waals surface area (Å²) in [5.41, 5.74) is 5.96. The van der Waals surface area contributed by atoms with Gasteiger partial charge in [0.15, 0.2) is 5.96 Å². The molecule has 112 valence electrons. The summed E-state index contributed by atoms with van der Waals surface area (Å²) >= 11 is 1.60. The zero-order chi connectivity index (χ0) is 14.7. The standard InChI is InChI=1S/C15H19N3O2S/c16-15(18-5-7-20-8-6-18)17-10-12(19)14-9-11-3-1-2-4-13(11)21-14/h1-4,9,12,19H,5-8,10H2,(H2,16,17). The summed E-state index contributed by atoms with van der Waals surface area (Å²) in [4.78, 5) is 7.23. The Morgan fingerprint density at radius 2 is 2.14 bits per heavy atom. The first kappa shape index (κ1) is 14.3. The number of thiophene rings is 1. The van der Waals surface area contributed by atoms with Crippen LogP contribution in [0.2, 0.25) is 0 Å². The van der Waals surface area contributed by atoms with E-state index in [0.29, 0.717) is 19.2 Å². The van der Waals surface area contributed by atoms with Gasteiger partial charge in [0, 0.05) is 22.7 Å². The summed E-state index contributed by atoms with van der Waals surface area (Å²) in [6.07, 6.45) is -0.609. The lowest BCUT2D eigenvalue weighted by Crippen LogP contribution is -2.45. The maximum absolute atomic E-state index is 10.3. The third-order valence-corrected chi connectivity index (χ3v) is 4.75. The quantitative estimate of drug-likeness (QED) is 0.667. The Bertz CT molecular complexity index is 602. The number of fused-ring (bicyclic) bond motifs is 1. The van der Waals surface area contributed by atoms with Crippen LogP contribution in [0.15, 0.2) is 35.3 Å². The van der Waals surface area contributed by atoms with Crippen molar-refractivity contribution in [3.8, 4) is 0 Å². The number of aliphatic imine (C=N–C) groups is 1. The van der Waals surface area contributed by atoms with Crippen molar-refractivity contribution in [3.05, 3.63) is 35.2 Å². The Morgan fingerprint density at radius 3 is 2.90 bits per heavy atom. The number of nitrogens with zero attached hydrogens (tertiary/aromatic N) is 2. The molecule has 2 heterocycles. The number of rotatable bonds is 3. The fraction of sp³-hybridized carbons (Fsp3) is 0.400. The van der Waals surface area contributed by atoms with Crippen molar-refractivity contribution in [1.82, 2.24) is 4.90 Å². The molecule has 0 saturated carbocycles. The Hall–Kier alpha value is -1.63. The van der Waals surface area contributed by atoms with Crippen LogP contribution in [-0.4, -0.2) is 48.8 Å². The first-order chi connectivity index (χ1) is 10.2. The third kappa shape index (κ3) is 3.34. The van der Waals surface area contributed by atoms with E-state index in [0.717, 1.165) is 23.4 Å². The maximum atomic E-state index is 10.3. The lowest BCUT2D eigenvalue weighted by atomic mass is 10.2. The lowest BCUT2D eigenvalue weighted by molar-refractivity contribution is 0.0672. The van der Waals surface area contributed by atoms with E-state index in [1.807, 2.05) is 29.2 Å². The number of nitrogens with two attached hydrogens (primary N) is 1. The van der Waals surface area contributed by atoms with E-state index >= 15 is 0 Å². The van der Waals surface area contributed by atoms with Gasteiger partial charge in [0.05, 0.1) is 19.8 Å². The predicted octanol–water partition coefficient (Wildman–Crippen LogP) is 1.58. The van der Waals surface area contributed by atoms with E-state index in [-0.39, 0.29) is 6.54 Å². The number of benzene rings is 1. The second kappa shape index (κ2) is 6.43. The molecule has 1 unspecified atom stereocenters. The fourth-order valence-electron chi connectivity index (χ4n) is 2.33. The van der Waals surface area contributed by atoms with Crippen LogP contribution in [0.25, 0.3) is 10.1 Å². The molecule has 0 spiro atoms. The number of aliphatic hydroxyl groups is 1. The first-order valence-corrected chi connectivity index (χ1v) is 7.85. The van der Waals surface area contributed by atoms with E-state index < -0.39 is 6.10 Å². The minimum Gasteiger partial charge on any atom is -0.386 e. The smallest absolute Gasteiger partial charge is 0.191 e. The second-order valence-electron chi connectivity index (χ2n) is 5.00. The van der Waals surface area contributed by atoms with E-state index in [1.54, 1.807) is 11.3 Å². The van der Waals surface area contributed by atoms with Gasteiger partial charge in [-0.2, -0.15) is 0 Å². The zero-order valence-electron chi connectivity index (χ0n) is 11.7. The van der Waals surface area contributed by atoms with Gasteiger partial charge in [-0.3, -0.25) is 4.99 Å². The molecule has 0 radical (unpaired) electrons. The lowest BCUT2D eigenvalue weighted by Gasteiger charge is -2.27. The summed E-state index contributed by atoms with van der Waals surface area (Å²) < 4.78 is 6.46. The predicted molar refractivity (Wildman–Crippen MR) is 85.7 cm³/mol. The van der Waals surface area contributed by atoms with Crippen LogP contribution >= 0.6 is 11.3 Å². The highest BCUT2D eigenvalue weighted by Crippen LogP contribution is 2.29. The molecule has 0 bridgehead atoms. The molecule has 2 aromatic rings. The number of aliphatic hydroxyl groups excluding tert-OH is 1. The Labute approximate surface area is 127 Å². The highest BCUT2D eigenvalue weighted by atomic mass is 32.1. The summed E-state index contributed by atoms with van der Waals surface area (Å²) in [6.45, 7) is 3.16. The van der Waals surface area contributed by atoms with Crippen LogP contribution in [0.5, 0.6) is 0 Å². The number of hydrogen-bond acceptors (Lipinski definition) is 4. The molecule has 1 atom stereocenters. The maximum Gasteiger partial charge on any atom is 0.191 e. The van der Waals surface area contributed by atoms with Crippen molar-refractivity contribution in [2.24, 2.45) is 10.7 Å². The number of hydrogen-bond donors (Lipinski definition) is 2. The monoisotopic (exact) mass is 305 g/mol. The Kier molecular flexibility index (Phi) is 4.38. The largest absolute Gasteiger partial charge is 0.386 e. The molecule has 3 rings (SSSR count). The molecule has 1 aromatic carbocycles. The van der Waals surface area contributed by atoms with Gasteiger partial charge >= 0.3 is 0 Å². The summed E-state index contributed by atoms with van der Waals surface area (Å²) in [6, 6.07) is 10.1. The molecule has 1 aromatic heterocycles. The summed E-state index contributed by atoms with van der Waals surface area (Å²) in [5.74, 6) is 0.485. The van der Waals surface area contributed by atoms with Gasteiger partial charge in [-0.1, -0.05) is 18.2 Å². The number of ether oxygens (including phenoxy) is 1. The van der Waals surface area contributed by atoms with Crippen molar-refractivity contribution in [1.29, 1.82) is 0 Å². The SMILES string of the molecule is NC(=NCC(O)c1cc2ccccc2s1)N1CCOCC1. The average molecular weight is 305 g/mol. The topological polar surface area (TPSA) is 71.1 Å². The van der Waals surface area contributed by atoms with Crippen LogP contribution in [0.4, 0.5) is 0 Å². The minimum absolute atomic E-state index is 0.288. The molecule has 21 heavy (non-hydrogen) atoms. The van der Waals surface area contributed by atoms with Crippen LogP contribution in [-0.2, 0) is 4.74 Å². The van der Waals surface area contributed by atoms with Gasteiger partial charge in [0.2, 0.25) is 0 Å². The Balaban J connectivity index is 1.66. The van der Waals surface area contributed by atoms with Crippen LogP contribution in [0.1, 0.15) is 11.0 Å². The van der Waals surface area contributed by atoms with Gasteiger partial charge in [-0.05, 0) is 17.5 Å². The molecule has 1 saturated heterocycles. The second-order valence-corrected chi connectivity index (χ2v) is 6.12. The highest BCUT2D eigenvalue weighted by molar-refractivity contribution is 7.19. The average Bonchev–Trinajstić information content (AvgIpc) is 2.97. The van der Waals surface area contributed by atoms with E-state index in [4.69, 9.17) is 10.5 Å². The number of guanidine groups is 1. The van der Waals surface area contributed by atoms with E-state index in [2.05, 4.69) is 11.1 Å². The van der Waals surface area contributed by atoms with E-state index in [9.17, 15) is 5.11 Å². The zero-order valence-corrected chi connectivity index (χ0v) is 12.6. The highest BCUT2D eigenvalue weighted by Gasteiger charge is 2.14. The minimum atomic E-state index is -0.609. The first-order valence-electron chi connectivity index (χ1n) is 7.03. The van der Waals surface area contributed by atoms with Gasteiger partial charge < -0.3 is 20.5 Å². The summed E-state index contributed by atoms with van der Waals surface area (Å²) in [7, 11) is 0. The van der Waals surface area contributed by atoms with Gasteiger partial charge in [-0.25, -0.2) is 0 Å². The van der Waals surface area contributed by atoms with Gasteiger partial charge in [-0.15, -0.1) is 11.3 Å². The molecule has 0 amide bonds. The molecule has 0 aliphatic carbocycles. The molecule has 3 N–H and O–H groups in total. The van der Waals surface area contributed by atoms with Crippen molar-refractivity contribution < 1.29 is 9.84 Å². The fourth-order valence-corrected chi connectivity index (χ4v) is 3.37. The Morgan fingerprint density at radius 1 is 1.38 bits per heavy atom. The third-order valence-electron chi connectivity index (χ3n) is 3.53. The normalized spacial score (nSPS) is 18.1. The van der Waals surface area contributed by atoms with Crippen molar-refractivity contribution in [3.63, 3.8) is 0 Å². The molecule has 6 heteroatoms. The molecule has 1 aliphatic heterocycles. The van der Waals surface area contributed by atoms with Crippen LogP contribution in [0, 0.1) is 0 Å². The molecule has 1 fully saturated rings. The van der Waals surface area contributed by atoms with E-state index in [1.165, 1.54) is 4.70 Å². The van der Waals surface area contributed by atoms with Crippen molar-refractivity contribution in [2.75, 3.05) is 32.8 Å². The van der Waals surface area contributed by atoms with Crippen molar-refractivity contribution >= 4 is 27.4 Å². The molecule has 1 aliphatic rings. The number of morpholine rings is 1.